The second kappa shape index (κ2) is 7.56. The van der Waals surface area contributed by atoms with Gasteiger partial charge in [-0.2, -0.15) is 5.10 Å². The number of nitrogens with two attached hydrogens (primary N) is 1. The molecule has 0 amide bonds. The first-order valence-electron chi connectivity index (χ1n) is 9.23. The zero-order valence-corrected chi connectivity index (χ0v) is 15.5. The van der Waals surface area contributed by atoms with Crippen LogP contribution < -0.4 is 16.5 Å². The molecule has 4 atom stereocenters. The fourth-order valence-electron chi connectivity index (χ4n) is 4.49. The molecule has 4 rings (SSSR count). The highest BCUT2D eigenvalue weighted by molar-refractivity contribution is 7.80. The fraction of sp³-hybridized carbons (Fsp3) is 0.333. The van der Waals surface area contributed by atoms with Gasteiger partial charge in [0.25, 0.3) is 0 Å². The fourth-order valence-corrected chi connectivity index (χ4v) is 4.54. The molecule has 134 valence electrons. The van der Waals surface area contributed by atoms with Crippen molar-refractivity contribution in [2.75, 3.05) is 0 Å². The first-order chi connectivity index (χ1) is 12.7. The summed E-state index contributed by atoms with van der Waals surface area (Å²) in [6.07, 6.45) is 3.47. The highest BCUT2D eigenvalue weighted by atomic mass is 32.1. The molecule has 2 aromatic rings. The Kier molecular flexibility index (Phi) is 5.00. The second-order valence-corrected chi connectivity index (χ2v) is 7.54. The first-order valence-corrected chi connectivity index (χ1v) is 9.63. The summed E-state index contributed by atoms with van der Waals surface area (Å²) in [6, 6.07) is 21.8. The molecule has 5 heteroatoms. The van der Waals surface area contributed by atoms with Gasteiger partial charge < -0.3 is 11.1 Å². The maximum absolute atomic E-state index is 5.65. The molecule has 1 aliphatic heterocycles. The molecule has 4 nitrogen and oxygen atoms in total. The van der Waals surface area contributed by atoms with Crippen LogP contribution in [0.2, 0.25) is 0 Å². The van der Waals surface area contributed by atoms with Gasteiger partial charge >= 0.3 is 0 Å². The highest BCUT2D eigenvalue weighted by Crippen LogP contribution is 2.46. The summed E-state index contributed by atoms with van der Waals surface area (Å²) in [6.45, 7) is 0. The molecule has 1 saturated heterocycles. The van der Waals surface area contributed by atoms with Gasteiger partial charge in [-0.15, -0.1) is 0 Å². The van der Waals surface area contributed by atoms with Crippen LogP contribution in [0.25, 0.3) is 0 Å². The van der Waals surface area contributed by atoms with Gasteiger partial charge in [0.15, 0.2) is 5.11 Å². The van der Waals surface area contributed by atoms with Crippen LogP contribution in [0.3, 0.4) is 0 Å². The maximum Gasteiger partial charge on any atom is 0.184 e. The molecule has 2 aromatic carbocycles. The number of fused-ring (bicyclic) bond motifs is 2. The van der Waals surface area contributed by atoms with E-state index in [9.17, 15) is 0 Å². The topological polar surface area (TPSA) is 62.4 Å². The van der Waals surface area contributed by atoms with Gasteiger partial charge in [-0.3, -0.25) is 5.43 Å². The van der Waals surface area contributed by atoms with Crippen LogP contribution >= 0.6 is 12.2 Å². The molecule has 1 heterocycles. The van der Waals surface area contributed by atoms with E-state index in [2.05, 4.69) is 76.5 Å². The third-order valence-corrected chi connectivity index (χ3v) is 5.66. The Morgan fingerprint density at radius 1 is 0.923 bits per heavy atom. The minimum Gasteiger partial charge on any atom is -0.375 e. The summed E-state index contributed by atoms with van der Waals surface area (Å²) in [5.41, 5.74) is 12.3. The summed E-state index contributed by atoms with van der Waals surface area (Å²) >= 11 is 4.99. The summed E-state index contributed by atoms with van der Waals surface area (Å²) < 4.78 is 0. The van der Waals surface area contributed by atoms with Crippen molar-refractivity contribution in [3.8, 4) is 0 Å². The minimum absolute atomic E-state index is 0.224. The average molecular weight is 365 g/mol. The molecular weight excluding hydrogens is 340 g/mol. The Labute approximate surface area is 159 Å². The van der Waals surface area contributed by atoms with E-state index in [1.165, 1.54) is 23.3 Å². The number of hydrazone groups is 1. The monoisotopic (exact) mass is 364 g/mol. The largest absolute Gasteiger partial charge is 0.375 e. The molecule has 0 radical (unpaired) electrons. The van der Waals surface area contributed by atoms with E-state index in [4.69, 9.17) is 18.0 Å². The standard InChI is InChI=1S/C21H24N4S/c22-21(26)25-24-20-16-12-7-13-17(20)19(15-10-5-2-6-11-15)23-18(16)14-8-3-1-4-9-14/h1-6,8-11,16-19,23H,7,12-13H2,(H3,22,25,26)/t16-,17-,18+,19+/m0/s1. The number of nitrogens with one attached hydrogen (secondary N) is 2. The Hall–Kier alpha value is -2.24. The SMILES string of the molecule is NC(=S)NN=C1[C@H]2CCC[C@H]1[C@@H](c1ccccc1)N[C@@H]2c1ccccc1. The lowest BCUT2D eigenvalue weighted by Crippen LogP contribution is -2.51. The van der Waals surface area contributed by atoms with Gasteiger partial charge in [-0.05, 0) is 36.2 Å². The van der Waals surface area contributed by atoms with E-state index >= 15 is 0 Å². The van der Waals surface area contributed by atoms with Crippen LogP contribution in [-0.2, 0) is 0 Å². The van der Waals surface area contributed by atoms with Gasteiger partial charge in [-0.1, -0.05) is 67.1 Å². The van der Waals surface area contributed by atoms with Crippen molar-refractivity contribution in [1.82, 2.24) is 10.7 Å². The zero-order valence-electron chi connectivity index (χ0n) is 14.6. The Morgan fingerprint density at radius 3 is 1.88 bits per heavy atom. The molecule has 26 heavy (non-hydrogen) atoms. The first kappa shape index (κ1) is 17.2. The molecule has 1 saturated carbocycles. The number of piperidine rings is 1. The summed E-state index contributed by atoms with van der Waals surface area (Å²) in [7, 11) is 0. The number of hydrogen-bond donors (Lipinski definition) is 3. The minimum atomic E-state index is 0.224. The molecule has 1 aliphatic carbocycles. The number of benzene rings is 2. The van der Waals surface area contributed by atoms with E-state index in [0.29, 0.717) is 11.8 Å². The smallest absolute Gasteiger partial charge is 0.184 e. The molecular formula is C21H24N4S. The second-order valence-electron chi connectivity index (χ2n) is 7.10. The van der Waals surface area contributed by atoms with Crippen LogP contribution in [0.1, 0.15) is 42.5 Å². The molecule has 2 fully saturated rings. The average Bonchev–Trinajstić information content (AvgIpc) is 2.68. The van der Waals surface area contributed by atoms with Crippen molar-refractivity contribution in [3.05, 3.63) is 71.8 Å². The van der Waals surface area contributed by atoms with Gasteiger partial charge in [0.05, 0.1) is 0 Å². The van der Waals surface area contributed by atoms with Crippen molar-refractivity contribution in [2.24, 2.45) is 22.7 Å². The Balaban J connectivity index is 1.76. The van der Waals surface area contributed by atoms with Gasteiger partial charge in [0.2, 0.25) is 0 Å². The van der Waals surface area contributed by atoms with E-state index < -0.39 is 0 Å². The van der Waals surface area contributed by atoms with E-state index in [0.717, 1.165) is 12.8 Å². The van der Waals surface area contributed by atoms with Crippen LogP contribution in [0.5, 0.6) is 0 Å². The lowest BCUT2D eigenvalue weighted by atomic mass is 9.67. The molecule has 0 aromatic heterocycles. The van der Waals surface area contributed by atoms with Gasteiger partial charge in [0.1, 0.15) is 0 Å². The summed E-state index contributed by atoms with van der Waals surface area (Å²) in [4.78, 5) is 0. The van der Waals surface area contributed by atoms with E-state index in [-0.39, 0.29) is 17.2 Å². The summed E-state index contributed by atoms with van der Waals surface area (Å²) in [5, 5.41) is 8.84. The summed E-state index contributed by atoms with van der Waals surface area (Å²) in [5.74, 6) is 0.718. The number of rotatable bonds is 3. The van der Waals surface area contributed by atoms with Crippen molar-refractivity contribution in [2.45, 2.75) is 31.3 Å². The highest BCUT2D eigenvalue weighted by Gasteiger charge is 2.45. The van der Waals surface area contributed by atoms with Crippen molar-refractivity contribution in [1.29, 1.82) is 0 Å². The quantitative estimate of drug-likeness (QED) is 0.574. The lowest BCUT2D eigenvalue weighted by Gasteiger charge is -2.47. The molecule has 2 bridgehead atoms. The number of nitrogens with zero attached hydrogens (tertiary/aromatic N) is 1. The van der Waals surface area contributed by atoms with Crippen LogP contribution in [0, 0.1) is 11.8 Å². The Bertz CT molecular complexity index is 735. The number of thiocarbonyl (C=S) groups is 1. The van der Waals surface area contributed by atoms with Crippen LogP contribution in [0.15, 0.2) is 65.8 Å². The van der Waals surface area contributed by atoms with Gasteiger partial charge in [0, 0.05) is 29.6 Å². The van der Waals surface area contributed by atoms with Gasteiger partial charge in [-0.25, -0.2) is 0 Å². The van der Waals surface area contributed by atoms with Crippen molar-refractivity contribution < 1.29 is 0 Å². The normalized spacial score (nSPS) is 27.6. The van der Waals surface area contributed by atoms with Crippen molar-refractivity contribution in [3.63, 3.8) is 0 Å². The maximum atomic E-state index is 5.65. The molecule has 0 spiro atoms. The third-order valence-electron chi connectivity index (χ3n) is 5.57. The predicted octanol–water partition coefficient (Wildman–Crippen LogP) is 3.68. The van der Waals surface area contributed by atoms with E-state index in [1.54, 1.807) is 0 Å². The third kappa shape index (κ3) is 3.37. The van der Waals surface area contributed by atoms with E-state index in [1.807, 2.05) is 0 Å². The van der Waals surface area contributed by atoms with Crippen LogP contribution in [-0.4, -0.2) is 10.8 Å². The number of hydrogen-bond acceptors (Lipinski definition) is 3. The zero-order chi connectivity index (χ0) is 17.9. The van der Waals surface area contributed by atoms with Crippen molar-refractivity contribution >= 4 is 23.0 Å². The van der Waals surface area contributed by atoms with Crippen LogP contribution in [0.4, 0.5) is 0 Å². The molecule has 2 aliphatic rings. The Morgan fingerprint density at radius 2 is 1.42 bits per heavy atom. The predicted molar refractivity (Wildman–Crippen MR) is 110 cm³/mol. The molecule has 4 N–H and O–H groups in total. The lowest BCUT2D eigenvalue weighted by molar-refractivity contribution is 0.232. The molecule has 0 unspecified atom stereocenters.